The second-order valence-electron chi connectivity index (χ2n) is 5.96. The van der Waals surface area contributed by atoms with Gasteiger partial charge in [-0.1, -0.05) is 30.3 Å². The second kappa shape index (κ2) is 6.69. The van der Waals surface area contributed by atoms with Gasteiger partial charge in [0.2, 0.25) is 5.91 Å². The Kier molecular flexibility index (Phi) is 4.24. The number of nitrogens with one attached hydrogen (secondary N) is 1. The largest absolute Gasteiger partial charge is 0.489 e. The maximum atomic E-state index is 13.3. The van der Waals surface area contributed by atoms with Crippen molar-refractivity contribution in [2.24, 2.45) is 0 Å². The summed E-state index contributed by atoms with van der Waals surface area (Å²) in [4.78, 5) is 13.2. The lowest BCUT2D eigenvalue weighted by atomic mass is 9.90. The van der Waals surface area contributed by atoms with Gasteiger partial charge in [-0.3, -0.25) is 4.79 Å². The normalized spacial score (nSPS) is 16.2. The number of para-hydroxylation sites is 1. The first kappa shape index (κ1) is 15.8. The number of hydrogen-bond acceptors (Lipinski definition) is 3. The van der Waals surface area contributed by atoms with E-state index in [9.17, 15) is 9.18 Å². The highest BCUT2D eigenvalue weighted by atomic mass is 32.1. The topological polar surface area (TPSA) is 38.3 Å². The SMILES string of the molecule is O=C1C[C@@H](c2ccccc2OCc2cccc(F)c2)c2sccc2N1. The number of rotatable bonds is 4. The monoisotopic (exact) mass is 353 g/mol. The van der Waals surface area contributed by atoms with Crippen molar-refractivity contribution in [3.8, 4) is 5.75 Å². The van der Waals surface area contributed by atoms with Crippen LogP contribution in [0.2, 0.25) is 0 Å². The van der Waals surface area contributed by atoms with Crippen molar-refractivity contribution in [3.63, 3.8) is 0 Å². The van der Waals surface area contributed by atoms with Gasteiger partial charge >= 0.3 is 0 Å². The van der Waals surface area contributed by atoms with Crippen LogP contribution in [0.1, 0.15) is 28.3 Å². The van der Waals surface area contributed by atoms with E-state index in [1.807, 2.05) is 41.8 Å². The van der Waals surface area contributed by atoms with Crippen LogP contribution >= 0.6 is 11.3 Å². The van der Waals surface area contributed by atoms with Crippen molar-refractivity contribution in [1.82, 2.24) is 0 Å². The summed E-state index contributed by atoms with van der Waals surface area (Å²) in [5.74, 6) is 0.440. The lowest BCUT2D eigenvalue weighted by molar-refractivity contribution is -0.116. The number of thiophene rings is 1. The van der Waals surface area contributed by atoms with Gasteiger partial charge in [0.15, 0.2) is 0 Å². The smallest absolute Gasteiger partial charge is 0.225 e. The number of carbonyl (C=O) groups excluding carboxylic acids is 1. The zero-order valence-corrected chi connectivity index (χ0v) is 14.2. The molecule has 4 rings (SSSR count). The molecule has 1 aromatic heterocycles. The summed E-state index contributed by atoms with van der Waals surface area (Å²) < 4.78 is 19.3. The number of amides is 1. The number of halogens is 1. The average molecular weight is 353 g/mol. The highest BCUT2D eigenvalue weighted by Crippen LogP contribution is 2.43. The lowest BCUT2D eigenvalue weighted by Crippen LogP contribution is -2.22. The van der Waals surface area contributed by atoms with Gasteiger partial charge in [-0.05, 0) is 35.2 Å². The fourth-order valence-corrected chi connectivity index (χ4v) is 4.08. The molecule has 0 fully saturated rings. The van der Waals surface area contributed by atoms with E-state index in [1.54, 1.807) is 17.4 Å². The van der Waals surface area contributed by atoms with Crippen LogP contribution in [0, 0.1) is 5.82 Å². The molecular formula is C20H16FNO2S. The highest BCUT2D eigenvalue weighted by Gasteiger charge is 2.29. The minimum atomic E-state index is -0.276. The summed E-state index contributed by atoms with van der Waals surface area (Å²) in [6.45, 7) is 0.283. The van der Waals surface area contributed by atoms with Gasteiger partial charge in [-0.25, -0.2) is 4.39 Å². The van der Waals surface area contributed by atoms with Gasteiger partial charge < -0.3 is 10.1 Å². The molecule has 2 aromatic carbocycles. The molecule has 0 bridgehead atoms. The molecule has 0 saturated heterocycles. The molecule has 3 aromatic rings. The molecule has 0 saturated carbocycles. The Morgan fingerprint density at radius 1 is 1.16 bits per heavy atom. The molecule has 0 unspecified atom stereocenters. The predicted molar refractivity (Wildman–Crippen MR) is 96.6 cm³/mol. The number of fused-ring (bicyclic) bond motifs is 1. The minimum Gasteiger partial charge on any atom is -0.489 e. The third-order valence-electron chi connectivity index (χ3n) is 4.25. The summed E-state index contributed by atoms with van der Waals surface area (Å²) in [5, 5.41) is 4.90. The molecule has 1 aliphatic rings. The van der Waals surface area contributed by atoms with Gasteiger partial charge in [0.1, 0.15) is 18.2 Å². The van der Waals surface area contributed by atoms with Crippen LogP contribution in [-0.4, -0.2) is 5.91 Å². The zero-order valence-electron chi connectivity index (χ0n) is 13.4. The van der Waals surface area contributed by atoms with E-state index in [1.165, 1.54) is 12.1 Å². The van der Waals surface area contributed by atoms with Gasteiger partial charge in [0, 0.05) is 22.8 Å². The second-order valence-corrected chi connectivity index (χ2v) is 6.91. The van der Waals surface area contributed by atoms with Crippen LogP contribution in [0.4, 0.5) is 10.1 Å². The molecule has 1 amide bonds. The molecule has 3 nitrogen and oxygen atoms in total. The molecule has 1 N–H and O–H groups in total. The van der Waals surface area contributed by atoms with Crippen molar-refractivity contribution in [1.29, 1.82) is 0 Å². The quantitative estimate of drug-likeness (QED) is 0.721. The molecule has 5 heteroatoms. The van der Waals surface area contributed by atoms with Crippen molar-refractivity contribution in [2.45, 2.75) is 18.9 Å². The van der Waals surface area contributed by atoms with Crippen LogP contribution in [0.15, 0.2) is 60.0 Å². The summed E-state index contributed by atoms with van der Waals surface area (Å²) in [6, 6.07) is 16.1. The van der Waals surface area contributed by atoms with Gasteiger partial charge in [0.25, 0.3) is 0 Å². The Hall–Kier alpha value is -2.66. The summed E-state index contributed by atoms with van der Waals surface area (Å²) >= 11 is 1.64. The lowest BCUT2D eigenvalue weighted by Gasteiger charge is -2.24. The summed E-state index contributed by atoms with van der Waals surface area (Å²) in [7, 11) is 0. The zero-order chi connectivity index (χ0) is 17.2. The average Bonchev–Trinajstić information content (AvgIpc) is 3.08. The molecule has 1 atom stereocenters. The first-order chi connectivity index (χ1) is 12.2. The number of anilines is 1. The van der Waals surface area contributed by atoms with E-state index in [-0.39, 0.29) is 24.2 Å². The van der Waals surface area contributed by atoms with Crippen LogP contribution in [0.5, 0.6) is 5.75 Å². The third kappa shape index (κ3) is 3.28. The number of carbonyl (C=O) groups is 1. The van der Waals surface area contributed by atoms with E-state index in [0.29, 0.717) is 6.42 Å². The molecule has 1 aliphatic heterocycles. The fraction of sp³-hybridized carbons (Fsp3) is 0.150. The van der Waals surface area contributed by atoms with Crippen molar-refractivity contribution in [2.75, 3.05) is 5.32 Å². The van der Waals surface area contributed by atoms with E-state index >= 15 is 0 Å². The highest BCUT2D eigenvalue weighted by molar-refractivity contribution is 7.10. The van der Waals surface area contributed by atoms with E-state index < -0.39 is 0 Å². The Balaban J connectivity index is 1.63. The minimum absolute atomic E-state index is 0.0100. The van der Waals surface area contributed by atoms with Crippen LogP contribution in [-0.2, 0) is 11.4 Å². The van der Waals surface area contributed by atoms with E-state index in [2.05, 4.69) is 5.32 Å². The Bertz CT molecular complexity index is 921. The van der Waals surface area contributed by atoms with Crippen LogP contribution in [0.3, 0.4) is 0 Å². The summed E-state index contributed by atoms with van der Waals surface area (Å²) in [5.41, 5.74) is 2.64. The maximum Gasteiger partial charge on any atom is 0.225 e. The van der Waals surface area contributed by atoms with Crippen molar-refractivity contribution >= 4 is 22.9 Å². The number of hydrogen-bond donors (Lipinski definition) is 1. The standard InChI is InChI=1S/C20H16FNO2S/c21-14-5-3-4-13(10-14)12-24-18-7-2-1-6-15(18)16-11-19(23)22-17-8-9-25-20(16)17/h1-10,16H,11-12H2,(H,22,23)/t16-/m0/s1. The van der Waals surface area contributed by atoms with E-state index in [4.69, 9.17) is 4.74 Å². The maximum absolute atomic E-state index is 13.3. The Morgan fingerprint density at radius 3 is 2.92 bits per heavy atom. The number of ether oxygens (including phenoxy) is 1. The molecule has 25 heavy (non-hydrogen) atoms. The van der Waals surface area contributed by atoms with Crippen LogP contribution in [0.25, 0.3) is 0 Å². The Morgan fingerprint density at radius 2 is 2.04 bits per heavy atom. The first-order valence-corrected chi connectivity index (χ1v) is 8.92. The Labute approximate surface area is 149 Å². The third-order valence-corrected chi connectivity index (χ3v) is 5.28. The van der Waals surface area contributed by atoms with Gasteiger partial charge in [-0.15, -0.1) is 11.3 Å². The van der Waals surface area contributed by atoms with Crippen LogP contribution < -0.4 is 10.1 Å². The van der Waals surface area contributed by atoms with Crippen molar-refractivity contribution < 1.29 is 13.9 Å². The predicted octanol–water partition coefficient (Wildman–Crippen LogP) is 4.94. The number of benzene rings is 2. The molecular weight excluding hydrogens is 337 g/mol. The molecule has 0 radical (unpaired) electrons. The van der Waals surface area contributed by atoms with Gasteiger partial charge in [0.05, 0.1) is 5.69 Å². The molecule has 126 valence electrons. The molecule has 2 heterocycles. The first-order valence-electron chi connectivity index (χ1n) is 8.04. The fourth-order valence-electron chi connectivity index (χ4n) is 3.11. The van der Waals surface area contributed by atoms with Crippen molar-refractivity contribution in [3.05, 3.63) is 81.8 Å². The molecule has 0 aliphatic carbocycles. The summed E-state index contributed by atoms with van der Waals surface area (Å²) in [6.07, 6.45) is 0.397. The van der Waals surface area contributed by atoms with E-state index in [0.717, 1.165) is 27.4 Å². The molecule has 0 spiro atoms. The van der Waals surface area contributed by atoms with Gasteiger partial charge in [-0.2, -0.15) is 0 Å².